The van der Waals surface area contributed by atoms with E-state index < -0.39 is 0 Å². The molecule has 0 bridgehead atoms. The van der Waals surface area contributed by atoms with Crippen molar-refractivity contribution < 1.29 is 14.2 Å². The van der Waals surface area contributed by atoms with Crippen molar-refractivity contribution in [1.29, 1.82) is 0 Å². The molecule has 15 nitrogen and oxygen atoms in total. The zero-order valence-corrected chi connectivity index (χ0v) is 28.1. The Kier molecular flexibility index (Phi) is 8.92. The van der Waals surface area contributed by atoms with Crippen LogP contribution in [0.5, 0.6) is 35.3 Å². The van der Waals surface area contributed by atoms with Crippen LogP contribution < -0.4 is 14.2 Å². The van der Waals surface area contributed by atoms with Gasteiger partial charge < -0.3 is 14.2 Å². The highest BCUT2D eigenvalue weighted by Crippen LogP contribution is 2.31. The van der Waals surface area contributed by atoms with Crippen LogP contribution in [0.4, 0.5) is 0 Å². The standard InChI is InChI=1S/C35H34N12O3/c1-6-45-19-30(39-42-45)24-10-7-13-27(16-24)48-33-36-34(49-28-14-8-11-25(17-28)31-20-46(22(2)3)43-40-31)38-35(37-33)50-29-15-9-12-26(18-29)32-21-47(23(4)5)44-41-32/h7-23H,6H2,1-5H3. The summed E-state index contributed by atoms with van der Waals surface area (Å²) < 4.78 is 23.8. The molecule has 4 heterocycles. The van der Waals surface area contributed by atoms with Gasteiger partial charge >= 0.3 is 18.0 Å². The zero-order chi connectivity index (χ0) is 34.6. The molecule has 0 fully saturated rings. The van der Waals surface area contributed by atoms with E-state index in [1.54, 1.807) is 32.2 Å². The molecule has 4 aromatic heterocycles. The number of ether oxygens (including phenoxy) is 3. The predicted molar refractivity (Wildman–Crippen MR) is 183 cm³/mol. The van der Waals surface area contributed by atoms with Gasteiger partial charge in [0, 0.05) is 35.3 Å². The van der Waals surface area contributed by atoms with Crippen LogP contribution in [-0.2, 0) is 6.54 Å². The maximum atomic E-state index is 6.16. The minimum absolute atomic E-state index is 0.0357. The maximum absolute atomic E-state index is 6.16. The zero-order valence-electron chi connectivity index (χ0n) is 28.1. The molecule has 0 aliphatic carbocycles. The van der Waals surface area contributed by atoms with Gasteiger partial charge in [-0.1, -0.05) is 52.0 Å². The SMILES string of the molecule is CCn1cc(-c2cccc(Oc3nc(Oc4cccc(-c5cn(C(C)C)nn5)c4)nc(Oc4cccc(-c5cn(C(C)C)nn5)c4)n3)c2)nn1. The Bertz CT molecular complexity index is 2130. The highest BCUT2D eigenvalue weighted by Gasteiger charge is 2.16. The van der Waals surface area contributed by atoms with Crippen LogP contribution in [-0.4, -0.2) is 59.9 Å². The summed E-state index contributed by atoms with van der Waals surface area (Å²) in [5.41, 5.74) is 4.59. The van der Waals surface area contributed by atoms with E-state index in [-0.39, 0.29) is 30.1 Å². The molecule has 0 atom stereocenters. The van der Waals surface area contributed by atoms with Gasteiger partial charge in [-0.05, 0) is 71.0 Å². The minimum Gasteiger partial charge on any atom is -0.424 e. The first-order valence-corrected chi connectivity index (χ1v) is 16.1. The van der Waals surface area contributed by atoms with Gasteiger partial charge in [-0.15, -0.1) is 30.2 Å². The molecule has 50 heavy (non-hydrogen) atoms. The number of nitrogens with zero attached hydrogens (tertiary/aromatic N) is 12. The lowest BCUT2D eigenvalue weighted by atomic mass is 10.1. The molecule has 0 radical (unpaired) electrons. The van der Waals surface area contributed by atoms with Gasteiger partial charge in [0.1, 0.15) is 34.3 Å². The molecule has 7 rings (SSSR count). The molecule has 3 aromatic carbocycles. The largest absolute Gasteiger partial charge is 0.424 e. The summed E-state index contributed by atoms with van der Waals surface area (Å²) in [4.78, 5) is 13.4. The molecule has 0 amide bonds. The summed E-state index contributed by atoms with van der Waals surface area (Å²) in [5.74, 6) is 1.42. The number of aryl methyl sites for hydroxylation is 1. The van der Waals surface area contributed by atoms with Gasteiger partial charge in [-0.3, -0.25) is 4.68 Å². The lowest BCUT2D eigenvalue weighted by Crippen LogP contribution is -2.01. The average Bonchev–Trinajstić information content (AvgIpc) is 3.90. The second kappa shape index (κ2) is 13.9. The van der Waals surface area contributed by atoms with E-state index in [9.17, 15) is 0 Å². The first-order valence-electron chi connectivity index (χ1n) is 16.1. The Morgan fingerprint density at radius 3 is 1.24 bits per heavy atom. The Hall–Kier alpha value is -6.51. The van der Waals surface area contributed by atoms with Gasteiger partial charge in [0.05, 0.1) is 18.6 Å². The van der Waals surface area contributed by atoms with Gasteiger partial charge in [-0.2, -0.15) is 0 Å². The Labute approximate surface area is 287 Å². The molecule has 0 spiro atoms. The van der Waals surface area contributed by atoms with Crippen molar-refractivity contribution in [1.82, 2.24) is 59.9 Å². The monoisotopic (exact) mass is 670 g/mol. The molecule has 0 aliphatic rings. The Morgan fingerprint density at radius 2 is 0.900 bits per heavy atom. The van der Waals surface area contributed by atoms with Crippen molar-refractivity contribution in [2.75, 3.05) is 0 Å². The van der Waals surface area contributed by atoms with Crippen molar-refractivity contribution in [2.45, 2.75) is 53.2 Å². The van der Waals surface area contributed by atoms with E-state index in [0.717, 1.165) is 16.7 Å². The first-order chi connectivity index (χ1) is 24.3. The summed E-state index contributed by atoms with van der Waals surface area (Å²) in [5, 5.41) is 25.5. The Balaban J connectivity index is 1.20. The van der Waals surface area contributed by atoms with E-state index >= 15 is 0 Å². The third-order valence-corrected chi connectivity index (χ3v) is 7.53. The third kappa shape index (κ3) is 7.31. The number of hydrogen-bond donors (Lipinski definition) is 0. The van der Waals surface area contributed by atoms with Crippen molar-refractivity contribution >= 4 is 0 Å². The molecule has 15 heteroatoms. The van der Waals surface area contributed by atoms with Gasteiger partial charge in [0.2, 0.25) is 0 Å². The molecular formula is C35H34N12O3. The van der Waals surface area contributed by atoms with Crippen LogP contribution in [0, 0.1) is 0 Å². The highest BCUT2D eigenvalue weighted by molar-refractivity contribution is 5.62. The molecule has 0 unspecified atom stereocenters. The second-order valence-corrected chi connectivity index (χ2v) is 11.9. The first kappa shape index (κ1) is 32.1. The average molecular weight is 671 g/mol. The van der Waals surface area contributed by atoms with E-state index in [2.05, 4.69) is 45.9 Å². The van der Waals surface area contributed by atoms with Crippen molar-refractivity contribution in [3.05, 3.63) is 91.4 Å². The van der Waals surface area contributed by atoms with Crippen LogP contribution in [0.15, 0.2) is 91.4 Å². The molecule has 7 aromatic rings. The Morgan fingerprint density at radius 1 is 0.520 bits per heavy atom. The third-order valence-electron chi connectivity index (χ3n) is 7.53. The molecular weight excluding hydrogens is 636 g/mol. The van der Waals surface area contributed by atoms with Gasteiger partial charge in [0.25, 0.3) is 0 Å². The molecule has 0 saturated heterocycles. The number of benzene rings is 3. The van der Waals surface area contributed by atoms with Crippen LogP contribution in [0.2, 0.25) is 0 Å². The van der Waals surface area contributed by atoms with Crippen LogP contribution in [0.25, 0.3) is 33.8 Å². The van der Waals surface area contributed by atoms with E-state index in [1.165, 1.54) is 0 Å². The van der Waals surface area contributed by atoms with Crippen molar-refractivity contribution in [3.63, 3.8) is 0 Å². The van der Waals surface area contributed by atoms with E-state index in [1.807, 2.05) is 108 Å². The van der Waals surface area contributed by atoms with Gasteiger partial charge in [-0.25, -0.2) is 9.36 Å². The fourth-order valence-corrected chi connectivity index (χ4v) is 4.84. The lowest BCUT2D eigenvalue weighted by Gasteiger charge is -2.11. The fourth-order valence-electron chi connectivity index (χ4n) is 4.84. The minimum atomic E-state index is -0.0361. The number of rotatable bonds is 12. The summed E-state index contributed by atoms with van der Waals surface area (Å²) in [7, 11) is 0. The quantitative estimate of drug-likeness (QED) is 0.129. The number of hydrogen-bond acceptors (Lipinski definition) is 12. The molecule has 0 saturated carbocycles. The fraction of sp³-hybridized carbons (Fsp3) is 0.229. The molecule has 0 N–H and O–H groups in total. The van der Waals surface area contributed by atoms with Crippen molar-refractivity contribution in [3.8, 4) is 69.1 Å². The second-order valence-electron chi connectivity index (χ2n) is 11.9. The van der Waals surface area contributed by atoms with Crippen LogP contribution in [0.1, 0.15) is 46.7 Å². The maximum Gasteiger partial charge on any atom is 0.331 e. The normalized spacial score (nSPS) is 11.3. The molecule has 252 valence electrons. The summed E-state index contributed by atoms with van der Waals surface area (Å²) in [6.07, 6.45) is 5.65. The van der Waals surface area contributed by atoms with E-state index in [4.69, 9.17) is 14.2 Å². The topological polar surface area (TPSA) is 158 Å². The lowest BCUT2D eigenvalue weighted by molar-refractivity contribution is 0.362. The molecule has 0 aliphatic heterocycles. The smallest absolute Gasteiger partial charge is 0.331 e. The predicted octanol–water partition coefficient (Wildman–Crippen LogP) is 7.21. The summed E-state index contributed by atoms with van der Waals surface area (Å²) in [6, 6.07) is 22.5. The summed E-state index contributed by atoms with van der Waals surface area (Å²) in [6.45, 7) is 10.9. The van der Waals surface area contributed by atoms with Crippen LogP contribution in [0.3, 0.4) is 0 Å². The number of aromatic nitrogens is 12. The van der Waals surface area contributed by atoms with E-state index in [0.29, 0.717) is 40.9 Å². The summed E-state index contributed by atoms with van der Waals surface area (Å²) >= 11 is 0. The van der Waals surface area contributed by atoms with Crippen molar-refractivity contribution in [2.24, 2.45) is 0 Å². The van der Waals surface area contributed by atoms with Gasteiger partial charge in [0.15, 0.2) is 0 Å². The van der Waals surface area contributed by atoms with Crippen LogP contribution >= 0.6 is 0 Å². The highest BCUT2D eigenvalue weighted by atomic mass is 16.5.